The van der Waals surface area contributed by atoms with E-state index in [9.17, 15) is 10.1 Å². The van der Waals surface area contributed by atoms with Crippen LogP contribution in [0.15, 0.2) is 35.1 Å². The molecule has 0 aliphatic carbocycles. The average molecular weight is 423 g/mol. The van der Waals surface area contributed by atoms with Gasteiger partial charge in [0.05, 0.1) is 23.8 Å². The largest absolute Gasteiger partial charge is 0.379 e. The normalized spacial score (nSPS) is 14.8. The van der Waals surface area contributed by atoms with Crippen LogP contribution in [0.4, 0.5) is 23.0 Å². The van der Waals surface area contributed by atoms with Crippen LogP contribution in [0.1, 0.15) is 0 Å². The highest BCUT2D eigenvalue weighted by Gasteiger charge is 2.23. The summed E-state index contributed by atoms with van der Waals surface area (Å²) in [6, 6.07) is 7.35. The molecule has 1 aromatic heterocycles. The Morgan fingerprint density at radius 3 is 2.69 bits per heavy atom. The number of benzene rings is 1. The van der Waals surface area contributed by atoms with Crippen LogP contribution in [0.25, 0.3) is 0 Å². The van der Waals surface area contributed by atoms with Crippen LogP contribution in [0.2, 0.25) is 0 Å². The van der Waals surface area contributed by atoms with Gasteiger partial charge >= 0.3 is 5.69 Å². The predicted octanol–water partition coefficient (Wildman–Crippen LogP) is 2.63. The molecule has 1 aromatic carbocycles. The molecule has 0 unspecified atom stereocenters. The van der Waals surface area contributed by atoms with E-state index in [0.717, 1.165) is 24.1 Å². The molecule has 2 N–H and O–H groups in total. The topological polar surface area (TPSA) is 105 Å². The second-order valence-electron chi connectivity index (χ2n) is 5.66. The Bertz CT molecular complexity index is 769. The van der Waals surface area contributed by atoms with Gasteiger partial charge in [-0.2, -0.15) is 0 Å². The minimum absolute atomic E-state index is 0.144. The van der Waals surface area contributed by atoms with Crippen molar-refractivity contribution < 1.29 is 9.66 Å². The third-order valence-corrected chi connectivity index (χ3v) is 4.65. The first-order valence-corrected chi connectivity index (χ1v) is 8.99. The van der Waals surface area contributed by atoms with Gasteiger partial charge in [-0.15, -0.1) is 0 Å². The van der Waals surface area contributed by atoms with E-state index >= 15 is 0 Å². The highest BCUT2D eigenvalue weighted by Crippen LogP contribution is 2.33. The summed E-state index contributed by atoms with van der Waals surface area (Å²) in [5.41, 5.74) is 0.513. The number of hydrogen-bond donors (Lipinski definition) is 2. The molecule has 0 bridgehead atoms. The minimum atomic E-state index is -0.476. The lowest BCUT2D eigenvalue weighted by molar-refractivity contribution is -0.383. The van der Waals surface area contributed by atoms with Gasteiger partial charge in [-0.25, -0.2) is 9.97 Å². The van der Waals surface area contributed by atoms with Gasteiger partial charge in [0.1, 0.15) is 6.33 Å². The van der Waals surface area contributed by atoms with E-state index in [1.54, 1.807) is 6.07 Å². The number of para-hydroxylation sites is 1. The number of aromatic nitrogens is 2. The first kappa shape index (κ1) is 18.5. The number of nitrogens with one attached hydrogen (secondary N) is 2. The zero-order chi connectivity index (χ0) is 18.4. The zero-order valence-electron chi connectivity index (χ0n) is 14.0. The van der Waals surface area contributed by atoms with Crippen molar-refractivity contribution in [2.24, 2.45) is 0 Å². The maximum atomic E-state index is 11.6. The fourth-order valence-electron chi connectivity index (χ4n) is 2.62. The zero-order valence-corrected chi connectivity index (χ0v) is 15.6. The maximum absolute atomic E-state index is 11.6. The number of nitrogens with zero attached hydrogens (tertiary/aromatic N) is 4. The van der Waals surface area contributed by atoms with Crippen LogP contribution < -0.4 is 10.6 Å². The molecule has 1 aliphatic heterocycles. The van der Waals surface area contributed by atoms with Gasteiger partial charge < -0.3 is 15.4 Å². The lowest BCUT2D eigenvalue weighted by Gasteiger charge is -2.26. The summed E-state index contributed by atoms with van der Waals surface area (Å²) in [4.78, 5) is 21.4. The van der Waals surface area contributed by atoms with E-state index in [4.69, 9.17) is 4.74 Å². The summed E-state index contributed by atoms with van der Waals surface area (Å²) in [6.07, 6.45) is 1.31. The number of ether oxygens (including phenoxy) is 1. The molecule has 26 heavy (non-hydrogen) atoms. The van der Waals surface area contributed by atoms with Crippen molar-refractivity contribution in [1.82, 2.24) is 14.9 Å². The van der Waals surface area contributed by atoms with Crippen molar-refractivity contribution in [3.05, 3.63) is 45.2 Å². The van der Waals surface area contributed by atoms with Crippen LogP contribution in [-0.4, -0.2) is 59.2 Å². The Morgan fingerprint density at radius 2 is 1.96 bits per heavy atom. The highest BCUT2D eigenvalue weighted by atomic mass is 79.9. The van der Waals surface area contributed by atoms with Crippen LogP contribution in [0, 0.1) is 10.1 Å². The smallest absolute Gasteiger partial charge is 0.353 e. The van der Waals surface area contributed by atoms with Crippen molar-refractivity contribution >= 4 is 38.9 Å². The molecule has 1 saturated heterocycles. The van der Waals surface area contributed by atoms with Gasteiger partial charge in [-0.1, -0.05) is 12.1 Å². The molecule has 138 valence electrons. The number of rotatable bonds is 7. The summed E-state index contributed by atoms with van der Waals surface area (Å²) < 4.78 is 6.10. The van der Waals surface area contributed by atoms with Crippen molar-refractivity contribution in [2.45, 2.75) is 0 Å². The first-order chi connectivity index (χ1) is 12.6. The molecule has 3 rings (SSSR count). The van der Waals surface area contributed by atoms with Crippen molar-refractivity contribution in [1.29, 1.82) is 0 Å². The molecule has 0 amide bonds. The molecule has 10 heteroatoms. The van der Waals surface area contributed by atoms with Crippen LogP contribution in [0.5, 0.6) is 0 Å². The van der Waals surface area contributed by atoms with E-state index in [0.29, 0.717) is 25.4 Å². The second-order valence-corrected chi connectivity index (χ2v) is 6.52. The Morgan fingerprint density at radius 1 is 1.23 bits per heavy atom. The molecule has 1 fully saturated rings. The summed E-state index contributed by atoms with van der Waals surface area (Å²) in [6.45, 7) is 4.47. The molecule has 0 saturated carbocycles. The molecule has 2 heterocycles. The molecule has 0 atom stereocenters. The van der Waals surface area contributed by atoms with Crippen LogP contribution >= 0.6 is 15.9 Å². The molecular weight excluding hydrogens is 404 g/mol. The Labute approximate surface area is 159 Å². The monoisotopic (exact) mass is 422 g/mol. The lowest BCUT2D eigenvalue weighted by Crippen LogP contribution is -2.39. The third-order valence-electron chi connectivity index (χ3n) is 3.96. The predicted molar refractivity (Wildman–Crippen MR) is 102 cm³/mol. The van der Waals surface area contributed by atoms with E-state index in [-0.39, 0.29) is 17.3 Å². The van der Waals surface area contributed by atoms with Gasteiger partial charge in [0.2, 0.25) is 11.6 Å². The molecular formula is C16H19BrN6O3. The minimum Gasteiger partial charge on any atom is -0.379 e. The third kappa shape index (κ3) is 4.65. The van der Waals surface area contributed by atoms with Gasteiger partial charge in [-0.3, -0.25) is 15.0 Å². The van der Waals surface area contributed by atoms with Gasteiger partial charge in [-0.05, 0) is 28.1 Å². The Kier molecular flexibility index (Phi) is 6.31. The van der Waals surface area contributed by atoms with Gasteiger partial charge in [0.15, 0.2) is 0 Å². The molecule has 1 aliphatic rings. The molecule has 2 aromatic rings. The van der Waals surface area contributed by atoms with Crippen molar-refractivity contribution in [2.75, 3.05) is 50.0 Å². The van der Waals surface area contributed by atoms with Crippen molar-refractivity contribution in [3.8, 4) is 0 Å². The van der Waals surface area contributed by atoms with E-state index in [1.807, 2.05) is 18.2 Å². The van der Waals surface area contributed by atoms with Crippen LogP contribution in [0.3, 0.4) is 0 Å². The average Bonchev–Trinajstić information content (AvgIpc) is 2.64. The number of nitro groups is 1. The fraction of sp³-hybridized carbons (Fsp3) is 0.375. The van der Waals surface area contributed by atoms with Crippen LogP contribution in [-0.2, 0) is 4.74 Å². The number of morpholine rings is 1. The van der Waals surface area contributed by atoms with Gasteiger partial charge in [0, 0.05) is 30.7 Å². The quantitative estimate of drug-likeness (QED) is 0.517. The summed E-state index contributed by atoms with van der Waals surface area (Å²) in [5, 5.41) is 17.6. The summed E-state index contributed by atoms with van der Waals surface area (Å²) in [7, 11) is 0. The van der Waals surface area contributed by atoms with E-state index in [2.05, 4.69) is 41.4 Å². The summed E-state index contributed by atoms with van der Waals surface area (Å²) >= 11 is 3.41. The van der Waals surface area contributed by atoms with Crippen molar-refractivity contribution in [3.63, 3.8) is 0 Å². The fourth-order valence-corrected chi connectivity index (χ4v) is 3.00. The standard InChI is InChI=1S/C16H19BrN6O3/c17-12-3-1-2-4-13(12)21-16-14(23(24)25)15(19-11-20-16)18-5-6-22-7-9-26-10-8-22/h1-4,11H,5-10H2,(H2,18,19,20,21). The number of anilines is 3. The molecule has 0 spiro atoms. The lowest BCUT2D eigenvalue weighted by atomic mass is 10.3. The first-order valence-electron chi connectivity index (χ1n) is 8.20. The Hall–Kier alpha value is -2.30. The Balaban J connectivity index is 1.73. The number of hydrogen-bond acceptors (Lipinski definition) is 8. The SMILES string of the molecule is O=[N+]([O-])c1c(NCCN2CCOCC2)ncnc1Nc1ccccc1Br. The van der Waals surface area contributed by atoms with E-state index < -0.39 is 4.92 Å². The molecule has 9 nitrogen and oxygen atoms in total. The molecule has 0 radical (unpaired) electrons. The summed E-state index contributed by atoms with van der Waals surface area (Å²) in [5.74, 6) is 0.346. The number of halogens is 1. The maximum Gasteiger partial charge on any atom is 0.353 e. The van der Waals surface area contributed by atoms with Gasteiger partial charge in [0.25, 0.3) is 0 Å². The highest BCUT2D eigenvalue weighted by molar-refractivity contribution is 9.10. The second kappa shape index (κ2) is 8.88. The van der Waals surface area contributed by atoms with E-state index in [1.165, 1.54) is 6.33 Å².